The van der Waals surface area contributed by atoms with Crippen LogP contribution in [0.1, 0.15) is 32.3 Å². The van der Waals surface area contributed by atoms with E-state index in [1.807, 2.05) is 38.1 Å². The third-order valence-electron chi connectivity index (χ3n) is 3.67. The Labute approximate surface area is 109 Å². The molecule has 0 bridgehead atoms. The van der Waals surface area contributed by atoms with Crippen molar-refractivity contribution in [2.45, 2.75) is 33.1 Å². The maximum atomic E-state index is 12.0. The van der Waals surface area contributed by atoms with Crippen molar-refractivity contribution in [1.29, 1.82) is 0 Å². The Balaban J connectivity index is 2.92. The van der Waals surface area contributed by atoms with Gasteiger partial charge >= 0.3 is 5.97 Å². The van der Waals surface area contributed by atoms with Gasteiger partial charge in [0.1, 0.15) is 5.75 Å². The predicted octanol–water partition coefficient (Wildman–Crippen LogP) is 3.22. The molecule has 0 N–H and O–H groups in total. The zero-order valence-electron chi connectivity index (χ0n) is 11.7. The average Bonchev–Trinajstić information content (AvgIpc) is 2.44. The fourth-order valence-electron chi connectivity index (χ4n) is 2.21. The largest absolute Gasteiger partial charge is 0.497 e. The third kappa shape index (κ3) is 3.03. The van der Waals surface area contributed by atoms with Gasteiger partial charge in [0, 0.05) is 0 Å². The molecular formula is C15H22O3. The van der Waals surface area contributed by atoms with Crippen LogP contribution in [0.3, 0.4) is 0 Å². The van der Waals surface area contributed by atoms with Gasteiger partial charge in [0.2, 0.25) is 0 Å². The van der Waals surface area contributed by atoms with Gasteiger partial charge in [0.15, 0.2) is 0 Å². The minimum atomic E-state index is -0.413. The van der Waals surface area contributed by atoms with Crippen molar-refractivity contribution in [3.05, 3.63) is 29.8 Å². The maximum absolute atomic E-state index is 12.0. The molecule has 1 aromatic rings. The molecule has 18 heavy (non-hydrogen) atoms. The molecule has 1 rings (SSSR count). The molecule has 0 aliphatic heterocycles. The molecule has 0 unspecified atom stereocenters. The summed E-state index contributed by atoms with van der Waals surface area (Å²) >= 11 is 0. The lowest BCUT2D eigenvalue weighted by atomic mass is 9.77. The van der Waals surface area contributed by atoms with Gasteiger partial charge in [-0.25, -0.2) is 0 Å². The highest BCUT2D eigenvalue weighted by molar-refractivity contribution is 5.77. The van der Waals surface area contributed by atoms with E-state index in [1.165, 1.54) is 7.11 Å². The van der Waals surface area contributed by atoms with Gasteiger partial charge in [-0.05, 0) is 37.0 Å². The summed E-state index contributed by atoms with van der Waals surface area (Å²) in [7, 11) is 3.10. The number of hydrogen-bond acceptors (Lipinski definition) is 3. The normalized spacial score (nSPS) is 11.1. The van der Waals surface area contributed by atoms with E-state index in [0.717, 1.165) is 24.2 Å². The van der Waals surface area contributed by atoms with Crippen LogP contribution in [0.4, 0.5) is 0 Å². The van der Waals surface area contributed by atoms with Gasteiger partial charge in [0.25, 0.3) is 0 Å². The summed E-state index contributed by atoms with van der Waals surface area (Å²) in [6, 6.07) is 7.84. The second kappa shape index (κ2) is 6.43. The van der Waals surface area contributed by atoms with Gasteiger partial charge < -0.3 is 9.47 Å². The van der Waals surface area contributed by atoms with Crippen molar-refractivity contribution in [1.82, 2.24) is 0 Å². The van der Waals surface area contributed by atoms with Crippen molar-refractivity contribution >= 4 is 5.97 Å². The number of carbonyl (C=O) groups excluding carboxylic acids is 1. The Hall–Kier alpha value is -1.51. The van der Waals surface area contributed by atoms with Crippen molar-refractivity contribution in [3.63, 3.8) is 0 Å². The Bertz CT molecular complexity index is 377. The summed E-state index contributed by atoms with van der Waals surface area (Å²) in [4.78, 5) is 12.0. The first-order valence-electron chi connectivity index (χ1n) is 6.33. The molecule has 3 nitrogen and oxygen atoms in total. The molecule has 0 heterocycles. The van der Waals surface area contributed by atoms with Crippen LogP contribution >= 0.6 is 0 Å². The van der Waals surface area contributed by atoms with E-state index in [-0.39, 0.29) is 5.97 Å². The van der Waals surface area contributed by atoms with E-state index < -0.39 is 5.41 Å². The first kappa shape index (κ1) is 14.6. The summed E-state index contributed by atoms with van der Waals surface area (Å²) in [5, 5.41) is 0. The monoisotopic (exact) mass is 250 g/mol. The van der Waals surface area contributed by atoms with Crippen LogP contribution < -0.4 is 4.74 Å². The smallest absolute Gasteiger partial charge is 0.312 e. The van der Waals surface area contributed by atoms with Gasteiger partial charge in [-0.15, -0.1) is 0 Å². The fourth-order valence-corrected chi connectivity index (χ4v) is 2.21. The predicted molar refractivity (Wildman–Crippen MR) is 71.7 cm³/mol. The summed E-state index contributed by atoms with van der Waals surface area (Å²) in [5.41, 5.74) is 0.716. The number of rotatable bonds is 6. The van der Waals surface area contributed by atoms with E-state index in [4.69, 9.17) is 9.47 Å². The van der Waals surface area contributed by atoms with E-state index in [1.54, 1.807) is 7.11 Å². The Morgan fingerprint density at radius 1 is 1.11 bits per heavy atom. The number of hydrogen-bond donors (Lipinski definition) is 0. The lowest BCUT2D eigenvalue weighted by Crippen LogP contribution is -2.33. The van der Waals surface area contributed by atoms with Crippen LogP contribution in [0.2, 0.25) is 0 Å². The highest BCUT2D eigenvalue weighted by Gasteiger charge is 2.36. The van der Waals surface area contributed by atoms with Crippen molar-refractivity contribution < 1.29 is 14.3 Å². The van der Waals surface area contributed by atoms with Gasteiger partial charge in [0.05, 0.1) is 19.6 Å². The fraction of sp³-hybridized carbons (Fsp3) is 0.533. The minimum absolute atomic E-state index is 0.122. The quantitative estimate of drug-likeness (QED) is 0.727. The molecule has 0 saturated carbocycles. The number of methoxy groups -OCH3 is 2. The average molecular weight is 250 g/mol. The molecule has 0 aromatic heterocycles. The molecule has 0 amide bonds. The molecule has 0 fully saturated rings. The number of ether oxygens (including phenoxy) is 2. The molecule has 3 heteroatoms. The lowest BCUT2D eigenvalue weighted by molar-refractivity contribution is -0.153. The first-order valence-corrected chi connectivity index (χ1v) is 6.33. The van der Waals surface area contributed by atoms with Gasteiger partial charge in [-0.1, -0.05) is 26.0 Å². The minimum Gasteiger partial charge on any atom is -0.497 e. The van der Waals surface area contributed by atoms with Crippen molar-refractivity contribution in [2.24, 2.45) is 5.41 Å². The summed E-state index contributed by atoms with van der Waals surface area (Å²) < 4.78 is 10.1. The van der Waals surface area contributed by atoms with Crippen LogP contribution in [0.5, 0.6) is 5.75 Å². The topological polar surface area (TPSA) is 35.5 Å². The highest BCUT2D eigenvalue weighted by atomic mass is 16.5. The van der Waals surface area contributed by atoms with Crippen LogP contribution in [-0.4, -0.2) is 20.2 Å². The number of carbonyl (C=O) groups is 1. The van der Waals surface area contributed by atoms with Crippen molar-refractivity contribution in [2.75, 3.05) is 14.2 Å². The van der Waals surface area contributed by atoms with Gasteiger partial charge in [-0.2, -0.15) is 0 Å². The number of esters is 1. The Morgan fingerprint density at radius 2 is 1.67 bits per heavy atom. The van der Waals surface area contributed by atoms with E-state index in [2.05, 4.69) is 0 Å². The summed E-state index contributed by atoms with van der Waals surface area (Å²) in [6.07, 6.45) is 2.26. The van der Waals surface area contributed by atoms with Crippen molar-refractivity contribution in [3.8, 4) is 5.75 Å². The zero-order valence-corrected chi connectivity index (χ0v) is 11.7. The highest BCUT2D eigenvalue weighted by Crippen LogP contribution is 2.32. The zero-order chi connectivity index (χ0) is 13.6. The molecule has 0 atom stereocenters. The molecule has 0 radical (unpaired) electrons. The molecule has 1 aromatic carbocycles. The van der Waals surface area contributed by atoms with E-state index in [0.29, 0.717) is 6.42 Å². The van der Waals surface area contributed by atoms with Crippen LogP contribution in [0, 0.1) is 5.41 Å². The Morgan fingerprint density at radius 3 is 2.06 bits per heavy atom. The van der Waals surface area contributed by atoms with Gasteiger partial charge in [-0.3, -0.25) is 4.79 Å². The maximum Gasteiger partial charge on any atom is 0.312 e. The molecule has 0 saturated heterocycles. The molecule has 100 valence electrons. The number of benzene rings is 1. The first-order chi connectivity index (χ1) is 8.61. The molecule has 0 aliphatic carbocycles. The molecule has 0 spiro atoms. The van der Waals surface area contributed by atoms with Crippen LogP contribution in [0.25, 0.3) is 0 Å². The van der Waals surface area contributed by atoms with Crippen LogP contribution in [0.15, 0.2) is 24.3 Å². The molecular weight excluding hydrogens is 228 g/mol. The summed E-state index contributed by atoms with van der Waals surface area (Å²) in [6.45, 7) is 4.06. The second-order valence-electron chi connectivity index (χ2n) is 4.50. The molecule has 0 aliphatic rings. The van der Waals surface area contributed by atoms with E-state index >= 15 is 0 Å². The second-order valence-corrected chi connectivity index (χ2v) is 4.50. The standard InChI is InChI=1S/C15H22O3/c1-5-15(6-2,14(16)18-4)11-12-7-9-13(17-3)10-8-12/h7-10H,5-6,11H2,1-4H3. The van der Waals surface area contributed by atoms with E-state index in [9.17, 15) is 4.79 Å². The SMILES string of the molecule is CCC(CC)(Cc1ccc(OC)cc1)C(=O)OC. The van der Waals surface area contributed by atoms with Crippen LogP contribution in [-0.2, 0) is 16.0 Å². The Kier molecular flexibility index (Phi) is 5.20. The summed E-state index contributed by atoms with van der Waals surface area (Å²) in [5.74, 6) is 0.707. The third-order valence-corrected chi connectivity index (χ3v) is 3.67. The lowest BCUT2D eigenvalue weighted by Gasteiger charge is -2.28.